The number of cyclic esters (lactones) is 1. The SMILES string of the molecule is CN(C)CC1CC2(CCN(C(=O)c3c[nH]c4ccc(F)cc4c3=O)CC2)C(=O)O1.O=CO.O=CO. The largest absolute Gasteiger partial charge is 0.483 e. The second kappa shape index (κ2) is 12.1. The molecule has 1 atom stereocenters. The number of pyridine rings is 1. The maximum Gasteiger partial charge on any atom is 0.312 e. The van der Waals surface area contributed by atoms with Crippen molar-refractivity contribution in [2.24, 2.45) is 5.41 Å². The molecule has 1 unspecified atom stereocenters. The van der Waals surface area contributed by atoms with E-state index in [-0.39, 0.29) is 36.0 Å². The number of benzene rings is 1. The number of fused-ring (bicyclic) bond motifs is 1. The minimum absolute atomic E-state index is 0.0152. The number of likely N-dealkylation sites (N-methyl/N-ethyl adjacent to an activating group) is 1. The zero-order chi connectivity index (χ0) is 26.2. The van der Waals surface area contributed by atoms with Crippen LogP contribution in [0.25, 0.3) is 10.9 Å². The molecule has 0 bridgehead atoms. The molecule has 4 rings (SSSR count). The Kier molecular flexibility index (Phi) is 9.46. The van der Waals surface area contributed by atoms with Crippen LogP contribution in [0.4, 0.5) is 4.39 Å². The first-order valence-electron chi connectivity index (χ1n) is 10.7. The Hall–Kier alpha value is -3.80. The Morgan fingerprint density at radius 2 is 1.83 bits per heavy atom. The lowest BCUT2D eigenvalue weighted by Crippen LogP contribution is -2.46. The first kappa shape index (κ1) is 27.4. The van der Waals surface area contributed by atoms with Gasteiger partial charge >= 0.3 is 5.97 Å². The van der Waals surface area contributed by atoms with E-state index in [1.54, 1.807) is 4.90 Å². The van der Waals surface area contributed by atoms with E-state index in [1.807, 2.05) is 19.0 Å². The molecule has 3 heterocycles. The van der Waals surface area contributed by atoms with Crippen LogP contribution in [0.15, 0.2) is 29.2 Å². The molecule has 1 spiro atoms. The Bertz CT molecular complexity index is 1120. The molecule has 0 radical (unpaired) electrons. The van der Waals surface area contributed by atoms with Crippen LogP contribution in [0.1, 0.15) is 29.6 Å². The number of H-pyrrole nitrogens is 1. The van der Waals surface area contributed by atoms with Crippen molar-refractivity contribution in [1.29, 1.82) is 0 Å². The number of nitrogens with one attached hydrogen (secondary N) is 1. The molecule has 0 saturated carbocycles. The zero-order valence-electron chi connectivity index (χ0n) is 19.4. The number of carbonyl (C=O) groups excluding carboxylic acids is 2. The van der Waals surface area contributed by atoms with E-state index in [1.165, 1.54) is 18.3 Å². The van der Waals surface area contributed by atoms with Crippen LogP contribution in [-0.2, 0) is 19.1 Å². The van der Waals surface area contributed by atoms with Crippen LogP contribution in [0, 0.1) is 11.2 Å². The lowest BCUT2D eigenvalue weighted by Gasteiger charge is -2.36. The Morgan fingerprint density at radius 3 is 2.40 bits per heavy atom. The highest BCUT2D eigenvalue weighted by Crippen LogP contribution is 2.43. The smallest absolute Gasteiger partial charge is 0.312 e. The summed E-state index contributed by atoms with van der Waals surface area (Å²) in [5.41, 5.74) is -0.573. The second-order valence-corrected chi connectivity index (χ2v) is 8.50. The number of rotatable bonds is 3. The van der Waals surface area contributed by atoms with Crippen LogP contribution in [-0.4, -0.2) is 89.7 Å². The Labute approximate surface area is 200 Å². The van der Waals surface area contributed by atoms with Crippen LogP contribution in [0.3, 0.4) is 0 Å². The summed E-state index contributed by atoms with van der Waals surface area (Å²) in [6.07, 6.45) is 2.94. The number of piperidine rings is 1. The second-order valence-electron chi connectivity index (χ2n) is 8.50. The number of halogens is 1. The normalized spacial score (nSPS) is 18.2. The summed E-state index contributed by atoms with van der Waals surface area (Å²) in [4.78, 5) is 61.3. The quantitative estimate of drug-likeness (QED) is 0.422. The summed E-state index contributed by atoms with van der Waals surface area (Å²) in [5.74, 6) is -1.11. The third kappa shape index (κ3) is 6.41. The van der Waals surface area contributed by atoms with Crippen molar-refractivity contribution in [2.75, 3.05) is 33.7 Å². The van der Waals surface area contributed by atoms with Gasteiger partial charge in [-0.25, -0.2) is 4.39 Å². The number of amides is 1. The molecule has 12 heteroatoms. The molecule has 1 aromatic carbocycles. The number of nitrogens with zero attached hydrogens (tertiary/aromatic N) is 2. The number of likely N-dealkylation sites (tertiary alicyclic amines) is 1. The van der Waals surface area contributed by atoms with Gasteiger partial charge in [0.05, 0.1) is 5.41 Å². The fraction of sp³-hybridized carbons (Fsp3) is 0.435. The highest BCUT2D eigenvalue weighted by molar-refractivity contribution is 5.97. The van der Waals surface area contributed by atoms with E-state index in [2.05, 4.69) is 4.98 Å². The molecule has 2 saturated heterocycles. The molecule has 0 aliphatic carbocycles. The fourth-order valence-corrected chi connectivity index (χ4v) is 4.41. The van der Waals surface area contributed by atoms with E-state index < -0.39 is 22.6 Å². The molecule has 11 nitrogen and oxygen atoms in total. The highest BCUT2D eigenvalue weighted by Gasteiger charge is 2.50. The van der Waals surface area contributed by atoms with Crippen LogP contribution in [0.2, 0.25) is 0 Å². The first-order valence-corrected chi connectivity index (χ1v) is 10.7. The van der Waals surface area contributed by atoms with Gasteiger partial charge in [-0.1, -0.05) is 0 Å². The molecule has 2 aromatic rings. The Morgan fingerprint density at radius 1 is 1.23 bits per heavy atom. The van der Waals surface area contributed by atoms with E-state index in [0.717, 1.165) is 6.07 Å². The van der Waals surface area contributed by atoms with Gasteiger partial charge in [-0.05, 0) is 45.1 Å². The number of esters is 1. The minimum atomic E-state index is -0.545. The van der Waals surface area contributed by atoms with Gasteiger partial charge in [-0.3, -0.25) is 24.0 Å². The van der Waals surface area contributed by atoms with E-state index >= 15 is 0 Å². The third-order valence-corrected chi connectivity index (χ3v) is 5.97. The summed E-state index contributed by atoms with van der Waals surface area (Å²) in [6.45, 7) is 0.936. The van der Waals surface area contributed by atoms with Gasteiger partial charge in [-0.15, -0.1) is 0 Å². The topological polar surface area (TPSA) is 157 Å². The zero-order valence-corrected chi connectivity index (χ0v) is 19.4. The molecular weight excluding hydrogens is 465 g/mol. The Balaban J connectivity index is 0.000000655. The summed E-state index contributed by atoms with van der Waals surface area (Å²) < 4.78 is 19.1. The predicted octanol–water partition coefficient (Wildman–Crippen LogP) is 1.17. The van der Waals surface area contributed by atoms with Gasteiger partial charge in [0.25, 0.3) is 18.9 Å². The van der Waals surface area contributed by atoms with Crippen LogP contribution < -0.4 is 5.43 Å². The highest BCUT2D eigenvalue weighted by atomic mass is 19.1. The number of hydrogen-bond acceptors (Lipinski definition) is 7. The number of aromatic amines is 1. The predicted molar refractivity (Wildman–Crippen MR) is 123 cm³/mol. The molecular formula is C23H28FN3O8. The molecule has 2 aliphatic rings. The third-order valence-electron chi connectivity index (χ3n) is 5.97. The maximum atomic E-state index is 13.5. The standard InChI is InChI=1S/C21H24FN3O4.2CH2O2/c1-24(2)12-14-10-21(20(28)29-14)5-7-25(8-6-21)19(27)16-11-23-17-4-3-13(22)9-15(17)18(16)26;2*2-1-3/h3-4,9,11,14H,5-8,10,12H2,1-2H3,(H,23,26);2*1H,(H,2,3). The minimum Gasteiger partial charge on any atom is -0.483 e. The van der Waals surface area contributed by atoms with Gasteiger partial charge in [0.2, 0.25) is 5.43 Å². The molecule has 3 N–H and O–H groups in total. The maximum absolute atomic E-state index is 13.5. The van der Waals surface area contributed by atoms with Gasteiger partial charge in [-0.2, -0.15) is 0 Å². The fourth-order valence-electron chi connectivity index (χ4n) is 4.41. The number of aromatic nitrogens is 1. The number of carbonyl (C=O) groups is 4. The average molecular weight is 493 g/mol. The van der Waals surface area contributed by atoms with Gasteiger partial charge in [0.15, 0.2) is 0 Å². The molecule has 35 heavy (non-hydrogen) atoms. The van der Waals surface area contributed by atoms with Gasteiger partial charge in [0.1, 0.15) is 17.5 Å². The first-order chi connectivity index (χ1) is 16.6. The van der Waals surface area contributed by atoms with Gasteiger partial charge < -0.3 is 29.7 Å². The lowest BCUT2D eigenvalue weighted by molar-refractivity contribution is -0.150. The van der Waals surface area contributed by atoms with Crippen molar-refractivity contribution < 1.29 is 38.5 Å². The summed E-state index contributed by atoms with van der Waals surface area (Å²) in [6, 6.07) is 3.87. The summed E-state index contributed by atoms with van der Waals surface area (Å²) in [5, 5.41) is 13.9. The number of ether oxygens (including phenoxy) is 1. The van der Waals surface area contributed by atoms with E-state index in [4.69, 9.17) is 24.5 Å². The molecule has 1 aromatic heterocycles. The van der Waals surface area contributed by atoms with Crippen molar-refractivity contribution >= 4 is 35.7 Å². The van der Waals surface area contributed by atoms with Crippen molar-refractivity contribution in [2.45, 2.75) is 25.4 Å². The number of hydrogen-bond donors (Lipinski definition) is 3. The molecule has 2 fully saturated rings. The van der Waals surface area contributed by atoms with Crippen LogP contribution >= 0.6 is 0 Å². The summed E-state index contributed by atoms with van der Waals surface area (Å²) >= 11 is 0. The van der Waals surface area contributed by atoms with Crippen molar-refractivity contribution in [3.63, 3.8) is 0 Å². The van der Waals surface area contributed by atoms with Gasteiger partial charge in [0, 0.05) is 43.2 Å². The van der Waals surface area contributed by atoms with Crippen LogP contribution in [0.5, 0.6) is 0 Å². The van der Waals surface area contributed by atoms with E-state index in [9.17, 15) is 18.8 Å². The monoisotopic (exact) mass is 493 g/mol. The summed E-state index contributed by atoms with van der Waals surface area (Å²) in [7, 11) is 3.88. The average Bonchev–Trinajstić information content (AvgIpc) is 3.09. The lowest BCUT2D eigenvalue weighted by atomic mass is 9.76. The molecule has 190 valence electrons. The van der Waals surface area contributed by atoms with Crippen molar-refractivity contribution in [3.05, 3.63) is 46.0 Å². The van der Waals surface area contributed by atoms with Crippen molar-refractivity contribution in [1.82, 2.24) is 14.8 Å². The van der Waals surface area contributed by atoms with Crippen molar-refractivity contribution in [3.8, 4) is 0 Å². The van der Waals surface area contributed by atoms with E-state index in [0.29, 0.717) is 44.4 Å². The molecule has 1 amide bonds. The molecule has 2 aliphatic heterocycles. The number of carboxylic acid groups (broad SMARTS) is 2.